The lowest BCUT2D eigenvalue weighted by atomic mass is 10.5. The van der Waals surface area contributed by atoms with Crippen molar-refractivity contribution in [3.8, 4) is 0 Å². The van der Waals surface area contributed by atoms with Gasteiger partial charge in [-0.2, -0.15) is 0 Å². The van der Waals surface area contributed by atoms with Gasteiger partial charge >= 0.3 is 11.9 Å². The van der Waals surface area contributed by atoms with Crippen molar-refractivity contribution in [1.29, 1.82) is 0 Å². The van der Waals surface area contributed by atoms with Crippen molar-refractivity contribution >= 4 is 28.9 Å². The fourth-order valence-electron chi connectivity index (χ4n) is 0.143. The maximum Gasteiger partial charge on any atom is 0.328 e. The van der Waals surface area contributed by atoms with Gasteiger partial charge in [0, 0.05) is 25.2 Å². The molecule has 0 spiro atoms. The van der Waals surface area contributed by atoms with Crippen LogP contribution < -0.4 is 11.5 Å². The summed E-state index contributed by atoms with van der Waals surface area (Å²) >= 11 is 0. The van der Waals surface area contributed by atoms with Crippen LogP contribution in [0.15, 0.2) is 12.2 Å². The maximum absolute atomic E-state index is 9.55. The van der Waals surface area contributed by atoms with Crippen molar-refractivity contribution < 1.29 is 19.8 Å². The summed E-state index contributed by atoms with van der Waals surface area (Å²) in [6, 6.07) is 0. The van der Waals surface area contributed by atoms with Gasteiger partial charge in [0.1, 0.15) is 0 Å². The zero-order chi connectivity index (χ0) is 9.98. The number of carboxylic acids is 2. The minimum absolute atomic E-state index is 0. The van der Waals surface area contributed by atoms with Gasteiger partial charge in [-0.15, -0.1) is 17.0 Å². The molecule has 0 aromatic heterocycles. The number of aliphatic carboxylic acids is 2. The van der Waals surface area contributed by atoms with Crippen LogP contribution in [-0.4, -0.2) is 35.2 Å². The number of carboxylic acid groups (broad SMARTS) is 2. The van der Waals surface area contributed by atoms with E-state index in [1.807, 2.05) is 0 Å². The smallest absolute Gasteiger partial charge is 0.328 e. The van der Waals surface area contributed by atoms with Gasteiger partial charge in [0.25, 0.3) is 0 Å². The Kier molecular flexibility index (Phi) is 18.9. The van der Waals surface area contributed by atoms with Crippen molar-refractivity contribution in [3.63, 3.8) is 0 Å². The van der Waals surface area contributed by atoms with Crippen LogP contribution in [0.3, 0.4) is 0 Å². The summed E-state index contributed by atoms with van der Waals surface area (Å²) in [6.45, 7) is 1.19. The number of halogens is 1. The fourth-order valence-corrected chi connectivity index (χ4v) is 0.143. The molecule has 0 saturated carbocycles. The molecule has 0 radical (unpaired) electrons. The molecular weight excluding hydrogens is 244 g/mol. The third kappa shape index (κ3) is 35.4. The number of rotatable bonds is 3. The second-order valence-electron chi connectivity index (χ2n) is 1.59. The van der Waals surface area contributed by atoms with Crippen LogP contribution in [0.2, 0.25) is 0 Å². The number of nitrogens with two attached hydrogens (primary N) is 2. The standard InChI is InChI=1S/C4H4O4.C2H8N2.BrH/c5-3(6)1-2-4(7)8;3-1-2-4;/h1-2H,(H,5,6)(H,7,8);1-4H2;1H/b2-1-;;. The van der Waals surface area contributed by atoms with Crippen LogP contribution in [0.25, 0.3) is 0 Å². The van der Waals surface area contributed by atoms with Crippen LogP contribution in [0, 0.1) is 0 Å². The molecule has 0 aromatic rings. The molecule has 0 aromatic carbocycles. The average Bonchev–Trinajstić information content (AvgIpc) is 2.01. The highest BCUT2D eigenvalue weighted by Crippen LogP contribution is 1.70. The molecule has 13 heavy (non-hydrogen) atoms. The van der Waals surface area contributed by atoms with E-state index < -0.39 is 11.9 Å². The molecule has 0 rings (SSSR count). The van der Waals surface area contributed by atoms with E-state index in [4.69, 9.17) is 21.7 Å². The van der Waals surface area contributed by atoms with Gasteiger partial charge in [0.15, 0.2) is 0 Å². The number of hydrogen-bond acceptors (Lipinski definition) is 4. The lowest BCUT2D eigenvalue weighted by Crippen LogP contribution is -2.11. The zero-order valence-electron chi connectivity index (χ0n) is 6.84. The molecular formula is C6H13BrN2O4. The van der Waals surface area contributed by atoms with Crippen molar-refractivity contribution in [1.82, 2.24) is 0 Å². The third-order valence-corrected chi connectivity index (χ3v) is 0.535. The summed E-state index contributed by atoms with van der Waals surface area (Å²) in [4.78, 5) is 19.1. The van der Waals surface area contributed by atoms with Crippen molar-refractivity contribution in [2.45, 2.75) is 0 Å². The number of hydrogen-bond donors (Lipinski definition) is 4. The molecule has 0 amide bonds. The first kappa shape index (κ1) is 18.0. The highest BCUT2D eigenvalue weighted by molar-refractivity contribution is 8.93. The van der Waals surface area contributed by atoms with E-state index in [1.54, 1.807) is 0 Å². The highest BCUT2D eigenvalue weighted by atomic mass is 79.9. The summed E-state index contributed by atoms with van der Waals surface area (Å²) in [7, 11) is 0. The molecule has 0 aliphatic heterocycles. The molecule has 0 unspecified atom stereocenters. The van der Waals surface area contributed by atoms with Crippen molar-refractivity contribution in [2.75, 3.05) is 13.1 Å². The summed E-state index contributed by atoms with van der Waals surface area (Å²) in [5, 5.41) is 15.6. The average molecular weight is 257 g/mol. The fraction of sp³-hybridized carbons (Fsp3) is 0.333. The summed E-state index contributed by atoms with van der Waals surface area (Å²) in [6.07, 6.45) is 1.12. The molecule has 0 aliphatic carbocycles. The third-order valence-electron chi connectivity index (χ3n) is 0.535. The van der Waals surface area contributed by atoms with Crippen LogP contribution in [0.5, 0.6) is 0 Å². The van der Waals surface area contributed by atoms with Crippen LogP contribution >= 0.6 is 17.0 Å². The van der Waals surface area contributed by atoms with E-state index in [0.29, 0.717) is 25.2 Å². The Morgan fingerprint density at radius 3 is 1.31 bits per heavy atom. The van der Waals surface area contributed by atoms with Crippen LogP contribution in [0.1, 0.15) is 0 Å². The summed E-state index contributed by atoms with van der Waals surface area (Å²) in [5.41, 5.74) is 9.81. The van der Waals surface area contributed by atoms with E-state index in [-0.39, 0.29) is 17.0 Å². The first-order chi connectivity index (χ1) is 5.54. The Hall–Kier alpha value is -0.920. The van der Waals surface area contributed by atoms with E-state index in [2.05, 4.69) is 0 Å². The molecule has 0 heterocycles. The molecule has 0 atom stereocenters. The maximum atomic E-state index is 9.55. The van der Waals surface area contributed by atoms with E-state index in [0.717, 1.165) is 0 Å². The SMILES string of the molecule is Br.NCCN.O=C(O)/C=C\C(=O)O. The monoisotopic (exact) mass is 256 g/mol. The Morgan fingerprint density at radius 2 is 1.23 bits per heavy atom. The summed E-state index contributed by atoms with van der Waals surface area (Å²) < 4.78 is 0. The molecule has 0 bridgehead atoms. The van der Waals surface area contributed by atoms with Crippen molar-refractivity contribution in [3.05, 3.63) is 12.2 Å². The molecule has 7 heteroatoms. The van der Waals surface area contributed by atoms with E-state index in [1.165, 1.54) is 0 Å². The molecule has 0 saturated heterocycles. The Labute approximate surface area is 86.0 Å². The lowest BCUT2D eigenvalue weighted by molar-refractivity contribution is -0.134. The van der Waals surface area contributed by atoms with E-state index in [9.17, 15) is 9.59 Å². The highest BCUT2D eigenvalue weighted by Gasteiger charge is 1.88. The minimum atomic E-state index is -1.26. The second kappa shape index (κ2) is 13.7. The van der Waals surface area contributed by atoms with Gasteiger partial charge in [-0.25, -0.2) is 9.59 Å². The topological polar surface area (TPSA) is 127 Å². The first-order valence-electron chi connectivity index (χ1n) is 3.08. The quantitative estimate of drug-likeness (QED) is 0.490. The predicted molar refractivity (Wildman–Crippen MR) is 52.8 cm³/mol. The van der Waals surface area contributed by atoms with Gasteiger partial charge in [-0.3, -0.25) is 0 Å². The van der Waals surface area contributed by atoms with E-state index >= 15 is 0 Å². The minimum Gasteiger partial charge on any atom is -0.478 e. The molecule has 78 valence electrons. The summed E-state index contributed by atoms with van der Waals surface area (Å²) in [5.74, 6) is -2.51. The molecule has 6 nitrogen and oxygen atoms in total. The second-order valence-corrected chi connectivity index (χ2v) is 1.59. The first-order valence-corrected chi connectivity index (χ1v) is 3.08. The van der Waals surface area contributed by atoms with Gasteiger partial charge in [-0.05, 0) is 0 Å². The van der Waals surface area contributed by atoms with Crippen LogP contribution in [-0.2, 0) is 9.59 Å². The molecule has 6 N–H and O–H groups in total. The molecule has 0 aliphatic rings. The normalized spacial score (nSPS) is 8.15. The van der Waals surface area contributed by atoms with Gasteiger partial charge in [-0.1, -0.05) is 0 Å². The van der Waals surface area contributed by atoms with Crippen molar-refractivity contribution in [2.24, 2.45) is 11.5 Å². The Bertz CT molecular complexity index is 154. The zero-order valence-corrected chi connectivity index (χ0v) is 8.56. The van der Waals surface area contributed by atoms with Gasteiger partial charge < -0.3 is 21.7 Å². The largest absolute Gasteiger partial charge is 0.478 e. The Balaban J connectivity index is -0.000000173. The lowest BCUT2D eigenvalue weighted by Gasteiger charge is -1.74. The van der Waals surface area contributed by atoms with Gasteiger partial charge in [0.05, 0.1) is 0 Å². The molecule has 0 fully saturated rings. The predicted octanol–water partition coefficient (Wildman–Crippen LogP) is -0.806. The number of carbonyl (C=O) groups is 2. The van der Waals surface area contributed by atoms with Crippen LogP contribution in [0.4, 0.5) is 0 Å². The Morgan fingerprint density at radius 1 is 1.00 bits per heavy atom. The van der Waals surface area contributed by atoms with Gasteiger partial charge in [0.2, 0.25) is 0 Å².